The smallest absolute Gasteiger partial charge is 0.416 e. The zero-order valence-electron chi connectivity index (χ0n) is 8.47. The Hall–Kier alpha value is -1.45. The van der Waals surface area contributed by atoms with Crippen molar-refractivity contribution < 1.29 is 17.9 Å². The third-order valence-corrected chi connectivity index (χ3v) is 2.49. The first-order chi connectivity index (χ1) is 7.52. The lowest BCUT2D eigenvalue weighted by atomic mass is 9.98. The molecule has 0 atom stereocenters. The molecule has 0 aliphatic carbocycles. The van der Waals surface area contributed by atoms with E-state index in [9.17, 15) is 13.2 Å². The maximum Gasteiger partial charge on any atom is 0.416 e. The Kier molecular flexibility index (Phi) is 2.66. The van der Waals surface area contributed by atoms with Crippen LogP contribution >= 0.6 is 0 Å². The van der Waals surface area contributed by atoms with Crippen LogP contribution in [0.4, 0.5) is 13.2 Å². The van der Waals surface area contributed by atoms with Crippen molar-refractivity contribution in [2.45, 2.75) is 12.6 Å². The summed E-state index contributed by atoms with van der Waals surface area (Å²) in [7, 11) is 0. The highest BCUT2D eigenvalue weighted by Crippen LogP contribution is 2.37. The Labute approximate surface area is 91.5 Å². The van der Waals surface area contributed by atoms with Crippen LogP contribution in [-0.2, 0) is 6.18 Å². The first kappa shape index (κ1) is 11.0. The van der Waals surface area contributed by atoms with Crippen molar-refractivity contribution in [2.75, 3.05) is 6.61 Å². The minimum absolute atomic E-state index is 0.392. The predicted octanol–water partition coefficient (Wildman–Crippen LogP) is 3.71. The van der Waals surface area contributed by atoms with Gasteiger partial charge in [-0.2, -0.15) is 13.2 Å². The van der Waals surface area contributed by atoms with E-state index in [2.05, 4.69) is 6.92 Å². The van der Waals surface area contributed by atoms with E-state index < -0.39 is 11.7 Å². The molecule has 1 aliphatic rings. The standard InChI is InChI=1S/C12H10F3O/c1-2-8-5-6-16-11-4-3-9(7-10(8)11)12(13,14)15/h3-5,7H,1-2,6H2. The largest absolute Gasteiger partial charge is 0.489 e. The fourth-order valence-corrected chi connectivity index (χ4v) is 1.66. The van der Waals surface area contributed by atoms with Crippen LogP contribution in [0.3, 0.4) is 0 Å². The second-order valence-electron chi connectivity index (χ2n) is 3.50. The van der Waals surface area contributed by atoms with E-state index in [1.165, 1.54) is 6.07 Å². The van der Waals surface area contributed by atoms with Crippen LogP contribution in [-0.4, -0.2) is 6.61 Å². The number of halogens is 3. The number of hydrogen-bond donors (Lipinski definition) is 0. The van der Waals surface area contributed by atoms with E-state index in [0.717, 1.165) is 17.7 Å². The summed E-state index contributed by atoms with van der Waals surface area (Å²) in [5.41, 5.74) is 0.638. The molecule has 4 heteroatoms. The first-order valence-electron chi connectivity index (χ1n) is 4.85. The van der Waals surface area contributed by atoms with Gasteiger partial charge in [0.1, 0.15) is 12.4 Å². The fourth-order valence-electron chi connectivity index (χ4n) is 1.66. The van der Waals surface area contributed by atoms with Gasteiger partial charge in [0.15, 0.2) is 0 Å². The van der Waals surface area contributed by atoms with E-state index in [-0.39, 0.29) is 0 Å². The summed E-state index contributed by atoms with van der Waals surface area (Å²) < 4.78 is 42.8. The van der Waals surface area contributed by atoms with Gasteiger partial charge in [0.2, 0.25) is 0 Å². The van der Waals surface area contributed by atoms with Gasteiger partial charge in [-0.25, -0.2) is 0 Å². The Morgan fingerprint density at radius 2 is 2.06 bits per heavy atom. The van der Waals surface area contributed by atoms with Gasteiger partial charge >= 0.3 is 6.18 Å². The van der Waals surface area contributed by atoms with Crippen molar-refractivity contribution in [3.05, 3.63) is 42.3 Å². The van der Waals surface area contributed by atoms with Crippen molar-refractivity contribution in [3.63, 3.8) is 0 Å². The van der Waals surface area contributed by atoms with Gasteiger partial charge in [-0.15, -0.1) is 0 Å². The highest BCUT2D eigenvalue weighted by molar-refractivity contribution is 5.73. The molecule has 85 valence electrons. The van der Waals surface area contributed by atoms with Gasteiger partial charge in [0, 0.05) is 5.56 Å². The van der Waals surface area contributed by atoms with Crippen molar-refractivity contribution in [2.24, 2.45) is 0 Å². The molecule has 0 fully saturated rings. The number of ether oxygens (including phenoxy) is 1. The number of hydrogen-bond acceptors (Lipinski definition) is 1. The Morgan fingerprint density at radius 1 is 1.31 bits per heavy atom. The maximum absolute atomic E-state index is 12.5. The molecular weight excluding hydrogens is 217 g/mol. The zero-order valence-corrected chi connectivity index (χ0v) is 8.47. The molecule has 0 saturated carbocycles. The number of rotatable bonds is 1. The second-order valence-corrected chi connectivity index (χ2v) is 3.50. The minimum atomic E-state index is -4.32. The molecule has 0 unspecified atom stereocenters. The fraction of sp³-hybridized carbons (Fsp3) is 0.250. The summed E-state index contributed by atoms with van der Waals surface area (Å²) in [6.45, 7) is 4.09. The molecule has 0 N–H and O–H groups in total. The van der Waals surface area contributed by atoms with Gasteiger partial charge < -0.3 is 4.74 Å². The lowest BCUT2D eigenvalue weighted by molar-refractivity contribution is -0.137. The monoisotopic (exact) mass is 227 g/mol. The summed E-state index contributed by atoms with van der Waals surface area (Å²) in [5, 5.41) is 0. The zero-order chi connectivity index (χ0) is 11.8. The van der Waals surface area contributed by atoms with E-state index in [4.69, 9.17) is 4.74 Å². The highest BCUT2D eigenvalue weighted by atomic mass is 19.4. The minimum Gasteiger partial charge on any atom is -0.489 e. The predicted molar refractivity (Wildman–Crippen MR) is 54.9 cm³/mol. The number of benzene rings is 1. The number of alkyl halides is 3. The van der Waals surface area contributed by atoms with E-state index in [0.29, 0.717) is 24.3 Å². The summed E-state index contributed by atoms with van der Waals surface area (Å²) in [4.78, 5) is 0. The maximum atomic E-state index is 12.5. The topological polar surface area (TPSA) is 9.23 Å². The second kappa shape index (κ2) is 3.85. The first-order valence-corrected chi connectivity index (χ1v) is 4.85. The van der Waals surface area contributed by atoms with Crippen molar-refractivity contribution >= 4 is 5.57 Å². The molecule has 1 radical (unpaired) electrons. The Bertz CT molecular complexity index is 432. The van der Waals surface area contributed by atoms with E-state index in [1.54, 1.807) is 6.08 Å². The van der Waals surface area contributed by atoms with Crippen molar-refractivity contribution in [1.82, 2.24) is 0 Å². The van der Waals surface area contributed by atoms with Crippen molar-refractivity contribution in [3.8, 4) is 5.75 Å². The van der Waals surface area contributed by atoms with Crippen LogP contribution in [0.15, 0.2) is 24.3 Å². The lowest BCUT2D eigenvalue weighted by Crippen LogP contribution is -2.09. The van der Waals surface area contributed by atoms with E-state index in [1.807, 2.05) is 0 Å². The molecule has 1 aromatic carbocycles. The van der Waals surface area contributed by atoms with Gasteiger partial charge in [-0.1, -0.05) is 0 Å². The quantitative estimate of drug-likeness (QED) is 0.710. The Morgan fingerprint density at radius 3 is 2.69 bits per heavy atom. The summed E-state index contributed by atoms with van der Waals surface area (Å²) in [6.07, 6.45) is -2.11. The molecular formula is C12H10F3O. The molecule has 2 rings (SSSR count). The molecule has 16 heavy (non-hydrogen) atoms. The average molecular weight is 227 g/mol. The van der Waals surface area contributed by atoms with Crippen LogP contribution in [0.2, 0.25) is 0 Å². The van der Waals surface area contributed by atoms with Gasteiger partial charge in [0.25, 0.3) is 0 Å². The Balaban J connectivity index is 2.49. The third kappa shape index (κ3) is 1.92. The van der Waals surface area contributed by atoms with Crippen LogP contribution in [0.25, 0.3) is 5.57 Å². The molecule has 0 saturated heterocycles. The number of allylic oxidation sites excluding steroid dienone is 1. The molecule has 0 aromatic heterocycles. The number of fused-ring (bicyclic) bond motifs is 1. The lowest BCUT2D eigenvalue weighted by Gasteiger charge is -2.19. The SMILES string of the molecule is [CH2]CC1=CCOc2ccc(C(F)(F)F)cc21. The summed E-state index contributed by atoms with van der Waals surface area (Å²) in [6, 6.07) is 3.51. The van der Waals surface area contributed by atoms with Crippen LogP contribution in [0.1, 0.15) is 17.5 Å². The van der Waals surface area contributed by atoms with Crippen LogP contribution < -0.4 is 4.74 Å². The molecule has 1 aromatic rings. The normalized spacial score (nSPS) is 15.1. The van der Waals surface area contributed by atoms with E-state index >= 15 is 0 Å². The summed E-state index contributed by atoms with van der Waals surface area (Å²) in [5.74, 6) is 0.495. The van der Waals surface area contributed by atoms with Crippen molar-refractivity contribution in [1.29, 1.82) is 0 Å². The van der Waals surface area contributed by atoms with Crippen LogP contribution in [0.5, 0.6) is 5.75 Å². The molecule has 1 heterocycles. The average Bonchev–Trinajstić information content (AvgIpc) is 2.26. The van der Waals surface area contributed by atoms with Gasteiger partial charge in [-0.05, 0) is 43.2 Å². The van der Waals surface area contributed by atoms with Crippen LogP contribution in [0, 0.1) is 6.92 Å². The molecule has 0 bridgehead atoms. The highest BCUT2D eigenvalue weighted by Gasteiger charge is 2.31. The third-order valence-electron chi connectivity index (χ3n) is 2.49. The van der Waals surface area contributed by atoms with Gasteiger partial charge in [0.05, 0.1) is 5.56 Å². The molecule has 1 aliphatic heterocycles. The summed E-state index contributed by atoms with van der Waals surface area (Å²) >= 11 is 0. The van der Waals surface area contributed by atoms with Gasteiger partial charge in [-0.3, -0.25) is 0 Å². The molecule has 0 amide bonds. The molecule has 0 spiro atoms. The molecule has 1 nitrogen and oxygen atoms in total.